The molecule has 0 bridgehead atoms. The topological polar surface area (TPSA) is 75.4 Å². The van der Waals surface area contributed by atoms with Crippen molar-refractivity contribution in [2.75, 3.05) is 6.54 Å². The number of para-hydroxylation sites is 2. The first kappa shape index (κ1) is 23.6. The van der Waals surface area contributed by atoms with E-state index in [0.29, 0.717) is 17.7 Å². The van der Waals surface area contributed by atoms with E-state index in [4.69, 9.17) is 0 Å². The van der Waals surface area contributed by atoms with Gasteiger partial charge in [0.2, 0.25) is 0 Å². The van der Waals surface area contributed by atoms with Gasteiger partial charge in [-0.05, 0) is 52.3 Å². The maximum Gasteiger partial charge on any atom is 0.158 e. The lowest BCUT2D eigenvalue weighted by atomic mass is 9.77. The van der Waals surface area contributed by atoms with Crippen molar-refractivity contribution < 1.29 is 14.7 Å². The number of hydrogen-bond donors (Lipinski definition) is 1. The van der Waals surface area contributed by atoms with Gasteiger partial charge in [-0.2, -0.15) is 0 Å². The van der Waals surface area contributed by atoms with E-state index in [-0.39, 0.29) is 18.1 Å². The zero-order valence-corrected chi connectivity index (χ0v) is 20.4. The largest absolute Gasteiger partial charge is 0.389 e. The van der Waals surface area contributed by atoms with Crippen LogP contribution in [0.25, 0.3) is 11.0 Å². The molecule has 6 heteroatoms. The number of imidazole rings is 1. The molecule has 2 aromatic carbocycles. The Balaban J connectivity index is 1.71. The van der Waals surface area contributed by atoms with E-state index in [0.717, 1.165) is 33.6 Å². The molecule has 176 valence electrons. The molecule has 0 spiro atoms. The minimum absolute atomic E-state index is 0.0746. The number of fused-ring (bicyclic) bond motifs is 1. The van der Waals surface area contributed by atoms with E-state index in [1.165, 1.54) is 0 Å². The van der Waals surface area contributed by atoms with Crippen LogP contribution in [-0.4, -0.2) is 43.8 Å². The van der Waals surface area contributed by atoms with Crippen molar-refractivity contribution in [3.05, 3.63) is 88.5 Å². The summed E-state index contributed by atoms with van der Waals surface area (Å²) >= 11 is 0. The van der Waals surface area contributed by atoms with Crippen LogP contribution < -0.4 is 0 Å². The summed E-state index contributed by atoms with van der Waals surface area (Å²) in [4.78, 5) is 32.1. The Morgan fingerprint density at radius 1 is 0.912 bits per heavy atom. The molecule has 0 aliphatic carbocycles. The molecule has 0 saturated carbocycles. The fraction of sp³-hybridized carbons (Fsp3) is 0.321. The third-order valence-electron chi connectivity index (χ3n) is 6.66. The Bertz CT molecular complexity index is 1280. The molecule has 1 unspecified atom stereocenters. The Hall–Kier alpha value is -3.51. The predicted octanol–water partition coefficient (Wildman–Crippen LogP) is 4.53. The average molecular weight is 458 g/mol. The van der Waals surface area contributed by atoms with Crippen LogP contribution in [0.15, 0.2) is 77.4 Å². The minimum Gasteiger partial charge on any atom is -0.389 e. The second kappa shape index (κ2) is 9.39. The Kier molecular flexibility index (Phi) is 6.53. The molecular weight excluding hydrogens is 426 g/mol. The zero-order valence-electron chi connectivity index (χ0n) is 20.4. The van der Waals surface area contributed by atoms with Gasteiger partial charge in [0, 0.05) is 28.5 Å². The predicted molar refractivity (Wildman–Crippen MR) is 133 cm³/mol. The molecule has 0 amide bonds. The van der Waals surface area contributed by atoms with Crippen LogP contribution in [0.1, 0.15) is 44.7 Å². The molecule has 0 fully saturated rings. The van der Waals surface area contributed by atoms with E-state index >= 15 is 0 Å². The van der Waals surface area contributed by atoms with Crippen LogP contribution in [-0.2, 0) is 16.1 Å². The van der Waals surface area contributed by atoms with Gasteiger partial charge in [-0.1, -0.05) is 42.0 Å². The number of ketones is 2. The molecule has 1 aliphatic rings. The first-order valence-corrected chi connectivity index (χ1v) is 11.5. The van der Waals surface area contributed by atoms with Crippen molar-refractivity contribution >= 4 is 22.6 Å². The van der Waals surface area contributed by atoms with Crippen LogP contribution in [0.5, 0.6) is 0 Å². The molecule has 3 aromatic rings. The quantitative estimate of drug-likeness (QED) is 0.564. The number of aryl methyl sites for hydroxylation is 1. The van der Waals surface area contributed by atoms with Gasteiger partial charge in [-0.25, -0.2) is 4.98 Å². The van der Waals surface area contributed by atoms with Crippen LogP contribution in [0.3, 0.4) is 0 Å². The number of hydrogen-bond acceptors (Lipinski definition) is 5. The molecule has 0 radical (unpaired) electrons. The third kappa shape index (κ3) is 4.33. The maximum absolute atomic E-state index is 12.9. The second-order valence-electron chi connectivity index (χ2n) is 9.10. The lowest BCUT2D eigenvalue weighted by Crippen LogP contribution is -2.38. The number of allylic oxidation sites excluding steroid dienone is 4. The van der Waals surface area contributed by atoms with E-state index < -0.39 is 12.0 Å². The van der Waals surface area contributed by atoms with E-state index in [9.17, 15) is 14.7 Å². The number of aliphatic hydroxyl groups is 1. The van der Waals surface area contributed by atoms with Gasteiger partial charge >= 0.3 is 0 Å². The van der Waals surface area contributed by atoms with Crippen molar-refractivity contribution in [2.45, 2.75) is 53.2 Å². The van der Waals surface area contributed by atoms with Crippen molar-refractivity contribution in [3.8, 4) is 0 Å². The molecule has 34 heavy (non-hydrogen) atoms. The summed E-state index contributed by atoms with van der Waals surface area (Å²) in [5.41, 5.74) is 6.60. The Morgan fingerprint density at radius 2 is 1.50 bits per heavy atom. The maximum atomic E-state index is 12.9. The smallest absolute Gasteiger partial charge is 0.158 e. The van der Waals surface area contributed by atoms with Gasteiger partial charge in [-0.3, -0.25) is 9.59 Å². The van der Waals surface area contributed by atoms with Gasteiger partial charge in [-0.15, -0.1) is 0 Å². The summed E-state index contributed by atoms with van der Waals surface area (Å²) in [5.74, 6) is -0.564. The van der Waals surface area contributed by atoms with Gasteiger partial charge in [0.15, 0.2) is 11.6 Å². The highest BCUT2D eigenvalue weighted by Gasteiger charge is 2.37. The number of β-amino-alcohol motifs (C(OH)–C–C–N with tert-alkyl or cyclic N) is 1. The van der Waals surface area contributed by atoms with Crippen LogP contribution in [0.2, 0.25) is 0 Å². The molecule has 1 atom stereocenters. The van der Waals surface area contributed by atoms with Gasteiger partial charge in [0.1, 0.15) is 0 Å². The summed E-state index contributed by atoms with van der Waals surface area (Å²) in [6.45, 7) is 9.52. The van der Waals surface area contributed by atoms with Gasteiger partial charge in [0.25, 0.3) is 0 Å². The summed E-state index contributed by atoms with van der Waals surface area (Å²) in [5, 5.41) is 11.0. The number of Topliss-reactive ketones (excluding diaryl/α,β-unsaturated/α-hetero) is 2. The number of carbonyl (C=O) groups excluding carboxylic acids is 2. The lowest BCUT2D eigenvalue weighted by molar-refractivity contribution is -0.114. The van der Waals surface area contributed by atoms with Crippen LogP contribution in [0.4, 0.5) is 0 Å². The minimum atomic E-state index is -0.736. The van der Waals surface area contributed by atoms with Crippen LogP contribution >= 0.6 is 0 Å². The summed E-state index contributed by atoms with van der Waals surface area (Å²) < 4.78 is 1.93. The number of aromatic nitrogens is 2. The van der Waals surface area contributed by atoms with Crippen molar-refractivity contribution in [1.29, 1.82) is 0 Å². The van der Waals surface area contributed by atoms with Crippen molar-refractivity contribution in [1.82, 2.24) is 14.5 Å². The normalized spacial score (nSPS) is 15.9. The zero-order chi connectivity index (χ0) is 24.6. The first-order valence-electron chi connectivity index (χ1n) is 11.5. The van der Waals surface area contributed by atoms with Gasteiger partial charge < -0.3 is 14.6 Å². The summed E-state index contributed by atoms with van der Waals surface area (Å²) in [6.07, 6.45) is 0.991. The summed E-state index contributed by atoms with van der Waals surface area (Å²) in [7, 11) is 0. The highest BCUT2D eigenvalue weighted by atomic mass is 16.3. The number of carbonyl (C=O) groups is 2. The molecule has 1 aromatic heterocycles. The lowest BCUT2D eigenvalue weighted by Gasteiger charge is -2.39. The standard InChI is InChI=1S/C28H31N3O3/c1-17-10-12-22(13-11-17)28-26(20(4)32)18(2)31(19(3)27(28)21(5)33)15-23(34)14-30-16-29-24-8-6-7-9-25(24)30/h6-13,16,23,28,34H,14-15H2,1-5H3. The Labute approximate surface area is 200 Å². The van der Waals surface area contributed by atoms with Crippen molar-refractivity contribution in [3.63, 3.8) is 0 Å². The highest BCUT2D eigenvalue weighted by Crippen LogP contribution is 2.42. The van der Waals surface area contributed by atoms with Crippen molar-refractivity contribution in [2.24, 2.45) is 0 Å². The fourth-order valence-corrected chi connectivity index (χ4v) is 5.04. The molecule has 0 saturated heterocycles. The highest BCUT2D eigenvalue weighted by molar-refractivity contribution is 6.03. The van der Waals surface area contributed by atoms with E-state index in [1.807, 2.05) is 78.8 Å². The molecule has 1 N–H and O–H groups in total. The van der Waals surface area contributed by atoms with Crippen LogP contribution in [0, 0.1) is 6.92 Å². The molecule has 2 heterocycles. The summed E-state index contributed by atoms with van der Waals surface area (Å²) in [6, 6.07) is 15.8. The monoisotopic (exact) mass is 457 g/mol. The molecule has 6 nitrogen and oxygen atoms in total. The van der Waals surface area contributed by atoms with E-state index in [1.54, 1.807) is 20.2 Å². The fourth-order valence-electron chi connectivity index (χ4n) is 5.04. The number of benzene rings is 2. The molecule has 4 rings (SSSR count). The average Bonchev–Trinajstić information content (AvgIpc) is 3.19. The number of nitrogens with zero attached hydrogens (tertiary/aromatic N) is 3. The number of rotatable bonds is 7. The Morgan fingerprint density at radius 3 is 2.09 bits per heavy atom. The SMILES string of the molecule is CC(=O)C1=C(C)N(CC(O)Cn2cnc3ccccc32)C(C)=C(C(C)=O)C1c1ccc(C)cc1. The molecular formula is C28H31N3O3. The molecule has 1 aliphatic heterocycles. The van der Waals surface area contributed by atoms with E-state index in [2.05, 4.69) is 4.98 Å². The third-order valence-corrected chi connectivity index (χ3v) is 6.66. The van der Waals surface area contributed by atoms with Gasteiger partial charge in [0.05, 0.1) is 36.6 Å². The second-order valence-corrected chi connectivity index (χ2v) is 9.10. The first-order chi connectivity index (χ1) is 16.2. The number of aliphatic hydroxyl groups excluding tert-OH is 1.